The predicted molar refractivity (Wildman–Crippen MR) is 99.7 cm³/mol. The molecule has 1 fully saturated rings. The fraction of sp³-hybridized carbons (Fsp3) is 0.444. The average Bonchev–Trinajstić information content (AvgIpc) is 2.63. The molecule has 0 bridgehead atoms. The molecular formula is C18H22N4O2S. The van der Waals surface area contributed by atoms with Crippen molar-refractivity contribution < 1.29 is 4.79 Å². The van der Waals surface area contributed by atoms with Gasteiger partial charge in [-0.2, -0.15) is 0 Å². The molecule has 6 nitrogen and oxygen atoms in total. The van der Waals surface area contributed by atoms with E-state index in [2.05, 4.69) is 21.9 Å². The largest absolute Gasteiger partial charge is 0.353 e. The number of thioether (sulfide) groups is 1. The minimum absolute atomic E-state index is 0.0163. The van der Waals surface area contributed by atoms with Crippen LogP contribution in [0.25, 0.3) is 11.0 Å². The van der Waals surface area contributed by atoms with Crippen LogP contribution in [0.1, 0.15) is 32.1 Å². The average molecular weight is 358 g/mol. The van der Waals surface area contributed by atoms with E-state index in [1.807, 2.05) is 0 Å². The van der Waals surface area contributed by atoms with E-state index in [0.29, 0.717) is 22.7 Å². The van der Waals surface area contributed by atoms with Crippen molar-refractivity contribution in [3.05, 3.63) is 41.3 Å². The second kappa shape index (κ2) is 8.29. The molecule has 0 aliphatic heterocycles. The molecule has 2 heterocycles. The Balaban J connectivity index is 1.75. The number of hydrogen-bond donors (Lipinski definition) is 1. The van der Waals surface area contributed by atoms with Crippen LogP contribution in [-0.2, 0) is 11.3 Å². The number of rotatable bonds is 6. The summed E-state index contributed by atoms with van der Waals surface area (Å²) in [6, 6.07) is 3.71. The second-order valence-corrected chi connectivity index (χ2v) is 7.11. The third-order valence-corrected chi connectivity index (χ3v) is 5.29. The first kappa shape index (κ1) is 17.7. The smallest absolute Gasteiger partial charge is 0.263 e. The van der Waals surface area contributed by atoms with Crippen LogP contribution < -0.4 is 10.9 Å². The summed E-state index contributed by atoms with van der Waals surface area (Å²) in [6.45, 7) is 4.05. The minimum atomic E-state index is -0.159. The van der Waals surface area contributed by atoms with Gasteiger partial charge in [-0.1, -0.05) is 37.1 Å². The van der Waals surface area contributed by atoms with Gasteiger partial charge in [0.2, 0.25) is 5.91 Å². The van der Waals surface area contributed by atoms with Gasteiger partial charge in [0.05, 0.1) is 11.1 Å². The molecule has 132 valence electrons. The standard InChI is InChI=1S/C18H22N4O2S/c1-2-11-22-17(24)14-9-6-10-19-16(14)21-18(22)25-12-15(23)20-13-7-4-3-5-8-13/h2,6,9-10,13H,1,3-5,7-8,11-12H2,(H,20,23). The molecule has 0 spiro atoms. The van der Waals surface area contributed by atoms with Crippen LogP contribution in [0.2, 0.25) is 0 Å². The highest BCUT2D eigenvalue weighted by Crippen LogP contribution is 2.19. The van der Waals surface area contributed by atoms with Gasteiger partial charge < -0.3 is 5.32 Å². The normalized spacial score (nSPS) is 15.2. The zero-order valence-corrected chi connectivity index (χ0v) is 14.9. The maximum atomic E-state index is 12.6. The summed E-state index contributed by atoms with van der Waals surface area (Å²) in [5, 5.41) is 4.05. The Hall–Kier alpha value is -2.15. The highest BCUT2D eigenvalue weighted by molar-refractivity contribution is 7.99. The lowest BCUT2D eigenvalue weighted by Crippen LogP contribution is -2.37. The van der Waals surface area contributed by atoms with Gasteiger partial charge >= 0.3 is 0 Å². The SMILES string of the molecule is C=CCn1c(SCC(=O)NC2CCCCC2)nc2ncccc2c1=O. The van der Waals surface area contributed by atoms with Crippen molar-refractivity contribution in [2.45, 2.75) is 49.8 Å². The van der Waals surface area contributed by atoms with Gasteiger partial charge in [0.25, 0.3) is 5.56 Å². The fourth-order valence-corrected chi connectivity index (χ4v) is 3.89. The van der Waals surface area contributed by atoms with E-state index in [1.165, 1.54) is 35.6 Å². The zero-order valence-electron chi connectivity index (χ0n) is 14.1. The Bertz CT molecular complexity index is 827. The van der Waals surface area contributed by atoms with Gasteiger partial charge in [-0.05, 0) is 25.0 Å². The van der Waals surface area contributed by atoms with Crippen molar-refractivity contribution in [2.75, 3.05) is 5.75 Å². The quantitative estimate of drug-likeness (QED) is 0.488. The Morgan fingerprint density at radius 3 is 2.96 bits per heavy atom. The molecule has 7 heteroatoms. The Labute approximate surface area is 150 Å². The first-order chi connectivity index (χ1) is 12.2. The van der Waals surface area contributed by atoms with Crippen LogP contribution in [0.3, 0.4) is 0 Å². The van der Waals surface area contributed by atoms with Crippen molar-refractivity contribution in [1.29, 1.82) is 0 Å². The maximum absolute atomic E-state index is 12.6. The van der Waals surface area contributed by atoms with E-state index >= 15 is 0 Å². The number of nitrogens with zero attached hydrogens (tertiary/aromatic N) is 3. The van der Waals surface area contributed by atoms with Gasteiger partial charge in [0.15, 0.2) is 10.8 Å². The lowest BCUT2D eigenvalue weighted by atomic mass is 9.95. The number of amides is 1. The highest BCUT2D eigenvalue weighted by Gasteiger charge is 2.17. The fourth-order valence-electron chi connectivity index (χ4n) is 3.08. The van der Waals surface area contributed by atoms with Gasteiger partial charge in [-0.3, -0.25) is 14.2 Å². The monoisotopic (exact) mass is 358 g/mol. The molecule has 3 rings (SSSR count). The van der Waals surface area contributed by atoms with Crippen LogP contribution in [0.15, 0.2) is 40.9 Å². The summed E-state index contributed by atoms with van der Waals surface area (Å²) >= 11 is 1.26. The van der Waals surface area contributed by atoms with Gasteiger partial charge in [0.1, 0.15) is 0 Å². The van der Waals surface area contributed by atoms with E-state index in [-0.39, 0.29) is 23.3 Å². The van der Waals surface area contributed by atoms with E-state index < -0.39 is 0 Å². The molecule has 0 saturated heterocycles. The summed E-state index contributed by atoms with van der Waals surface area (Å²) in [5.74, 6) is 0.218. The van der Waals surface area contributed by atoms with Crippen molar-refractivity contribution in [2.24, 2.45) is 0 Å². The van der Waals surface area contributed by atoms with Gasteiger partial charge in [0, 0.05) is 18.8 Å². The van der Waals surface area contributed by atoms with Crippen LogP contribution in [0.5, 0.6) is 0 Å². The Kier molecular flexibility index (Phi) is 5.86. The summed E-state index contributed by atoms with van der Waals surface area (Å²) < 4.78 is 1.54. The number of hydrogen-bond acceptors (Lipinski definition) is 5. The molecule has 2 aromatic rings. The van der Waals surface area contributed by atoms with E-state index in [9.17, 15) is 9.59 Å². The molecule has 1 amide bonds. The molecule has 2 aromatic heterocycles. The summed E-state index contributed by atoms with van der Waals surface area (Å²) in [7, 11) is 0. The highest BCUT2D eigenvalue weighted by atomic mass is 32.2. The summed E-state index contributed by atoms with van der Waals surface area (Å²) in [5.41, 5.74) is 0.246. The Morgan fingerprint density at radius 2 is 2.20 bits per heavy atom. The van der Waals surface area contributed by atoms with Crippen LogP contribution in [0.4, 0.5) is 0 Å². The molecule has 1 saturated carbocycles. The van der Waals surface area contributed by atoms with Gasteiger partial charge in [-0.25, -0.2) is 9.97 Å². The zero-order chi connectivity index (χ0) is 17.6. The molecule has 1 aliphatic carbocycles. The molecule has 0 unspecified atom stereocenters. The number of fused-ring (bicyclic) bond motifs is 1. The summed E-state index contributed by atoms with van der Waals surface area (Å²) in [6.07, 6.45) is 8.96. The third kappa shape index (κ3) is 4.28. The molecule has 25 heavy (non-hydrogen) atoms. The topological polar surface area (TPSA) is 76.9 Å². The van der Waals surface area contributed by atoms with E-state index in [1.54, 1.807) is 24.4 Å². The number of carbonyl (C=O) groups is 1. The molecule has 0 atom stereocenters. The van der Waals surface area contributed by atoms with Crippen LogP contribution >= 0.6 is 11.8 Å². The molecule has 0 aromatic carbocycles. The maximum Gasteiger partial charge on any atom is 0.263 e. The van der Waals surface area contributed by atoms with Crippen molar-refractivity contribution in [3.63, 3.8) is 0 Å². The third-order valence-electron chi connectivity index (χ3n) is 4.31. The van der Waals surface area contributed by atoms with E-state index in [4.69, 9.17) is 0 Å². The number of nitrogens with one attached hydrogen (secondary N) is 1. The van der Waals surface area contributed by atoms with E-state index in [0.717, 1.165) is 12.8 Å². The number of aromatic nitrogens is 3. The number of pyridine rings is 1. The molecule has 1 N–H and O–H groups in total. The predicted octanol–water partition coefficient (Wildman–Crippen LogP) is 2.52. The first-order valence-electron chi connectivity index (χ1n) is 8.57. The van der Waals surface area contributed by atoms with Crippen molar-refractivity contribution in [1.82, 2.24) is 19.9 Å². The lowest BCUT2D eigenvalue weighted by Gasteiger charge is -2.22. The molecular weight excluding hydrogens is 336 g/mol. The molecule has 1 aliphatic rings. The Morgan fingerprint density at radius 1 is 1.40 bits per heavy atom. The number of allylic oxidation sites excluding steroid dienone is 1. The van der Waals surface area contributed by atoms with Gasteiger partial charge in [-0.15, -0.1) is 6.58 Å². The van der Waals surface area contributed by atoms with Crippen LogP contribution in [-0.4, -0.2) is 32.2 Å². The van der Waals surface area contributed by atoms with Crippen LogP contribution in [0, 0.1) is 0 Å². The minimum Gasteiger partial charge on any atom is -0.353 e. The lowest BCUT2D eigenvalue weighted by molar-refractivity contribution is -0.119. The second-order valence-electron chi connectivity index (χ2n) is 6.16. The molecule has 0 radical (unpaired) electrons. The van der Waals surface area contributed by atoms with Crippen molar-refractivity contribution >= 4 is 28.7 Å². The van der Waals surface area contributed by atoms with Crippen molar-refractivity contribution in [3.8, 4) is 0 Å². The summed E-state index contributed by atoms with van der Waals surface area (Å²) in [4.78, 5) is 33.5. The first-order valence-corrected chi connectivity index (χ1v) is 9.56. The number of carbonyl (C=O) groups excluding carboxylic acids is 1.